The molecule has 3 aliphatic carbocycles. The summed E-state index contributed by atoms with van der Waals surface area (Å²) in [5.74, 6) is 4.79. The first-order chi connectivity index (χ1) is 11.5. The van der Waals surface area contributed by atoms with Crippen LogP contribution in [0.4, 0.5) is 0 Å². The topological polar surface area (TPSA) is 37.3 Å². The molecule has 4 heteroatoms. The minimum atomic E-state index is 0.144. The fourth-order valence-corrected chi connectivity index (χ4v) is 9.13. The number of aliphatic hydroxyl groups is 1. The van der Waals surface area contributed by atoms with Gasteiger partial charge in [-0.3, -0.25) is 4.79 Å². The van der Waals surface area contributed by atoms with E-state index < -0.39 is 0 Å². The van der Waals surface area contributed by atoms with E-state index >= 15 is 0 Å². The van der Waals surface area contributed by atoms with Gasteiger partial charge in [-0.15, -0.1) is 0 Å². The number of fused-ring (bicyclic) bond motifs is 1. The quantitative estimate of drug-likeness (QED) is 0.723. The van der Waals surface area contributed by atoms with Gasteiger partial charge in [-0.05, 0) is 67.3 Å². The van der Waals surface area contributed by atoms with Crippen molar-refractivity contribution < 1.29 is 9.90 Å². The highest BCUT2D eigenvalue weighted by molar-refractivity contribution is 8.76. The van der Waals surface area contributed by atoms with Crippen LogP contribution in [0.1, 0.15) is 58.8 Å². The largest absolute Gasteiger partial charge is 0.396 e. The SMILES string of the molecule is CC1(C)[C@@H]2CC[C@H]3[C@@H](CCCO)CSSCCC4=C(C2)[C@]31CC4=O. The van der Waals surface area contributed by atoms with Crippen molar-refractivity contribution >= 4 is 27.4 Å². The van der Waals surface area contributed by atoms with Crippen LogP contribution < -0.4 is 0 Å². The maximum absolute atomic E-state index is 13.0. The Balaban J connectivity index is 1.82. The first kappa shape index (κ1) is 17.5. The van der Waals surface area contributed by atoms with E-state index in [-0.39, 0.29) is 10.8 Å². The molecular formula is C20H30O2S2. The van der Waals surface area contributed by atoms with E-state index in [1.165, 1.54) is 30.6 Å². The normalized spacial score (nSPS) is 41.0. The van der Waals surface area contributed by atoms with Crippen molar-refractivity contribution in [3.05, 3.63) is 11.1 Å². The number of allylic oxidation sites excluding steroid dienone is 2. The Hall–Kier alpha value is 0.0700. The van der Waals surface area contributed by atoms with Crippen molar-refractivity contribution in [2.24, 2.45) is 28.6 Å². The molecule has 2 nitrogen and oxygen atoms in total. The van der Waals surface area contributed by atoms with Gasteiger partial charge in [-0.2, -0.15) is 0 Å². The van der Waals surface area contributed by atoms with Crippen molar-refractivity contribution in [2.75, 3.05) is 18.1 Å². The van der Waals surface area contributed by atoms with Gasteiger partial charge in [0.15, 0.2) is 5.78 Å². The van der Waals surface area contributed by atoms with E-state index in [0.29, 0.717) is 24.2 Å². The average molecular weight is 367 g/mol. The molecule has 1 N–H and O–H groups in total. The van der Waals surface area contributed by atoms with Crippen LogP contribution >= 0.6 is 21.6 Å². The number of hydrogen-bond donors (Lipinski definition) is 1. The Morgan fingerprint density at radius 1 is 1.25 bits per heavy atom. The molecule has 1 heterocycles. The molecule has 0 unspecified atom stereocenters. The van der Waals surface area contributed by atoms with Gasteiger partial charge >= 0.3 is 0 Å². The third-order valence-electron chi connectivity index (χ3n) is 7.86. The van der Waals surface area contributed by atoms with Gasteiger partial charge in [0.1, 0.15) is 0 Å². The number of carbonyl (C=O) groups is 1. The summed E-state index contributed by atoms with van der Waals surface area (Å²) in [5, 5.41) is 9.38. The molecule has 1 aliphatic heterocycles. The molecule has 2 saturated carbocycles. The predicted molar refractivity (Wildman–Crippen MR) is 103 cm³/mol. The van der Waals surface area contributed by atoms with Gasteiger partial charge in [-0.25, -0.2) is 0 Å². The fourth-order valence-electron chi connectivity index (χ4n) is 6.64. The molecule has 0 saturated heterocycles. The molecule has 0 amide bonds. The van der Waals surface area contributed by atoms with Crippen LogP contribution in [0.2, 0.25) is 0 Å². The average Bonchev–Trinajstić information content (AvgIpc) is 2.83. The number of aliphatic hydroxyl groups excluding tert-OH is 1. The van der Waals surface area contributed by atoms with Crippen LogP contribution in [-0.4, -0.2) is 29.0 Å². The highest BCUT2D eigenvalue weighted by atomic mass is 33.1. The highest BCUT2D eigenvalue weighted by Crippen LogP contribution is 2.74. The molecule has 0 aromatic carbocycles. The minimum absolute atomic E-state index is 0.144. The fraction of sp³-hybridized carbons (Fsp3) is 0.850. The summed E-state index contributed by atoms with van der Waals surface area (Å²) in [6.45, 7) is 5.22. The summed E-state index contributed by atoms with van der Waals surface area (Å²) in [4.78, 5) is 13.0. The van der Waals surface area contributed by atoms with E-state index in [9.17, 15) is 9.90 Å². The van der Waals surface area contributed by atoms with Gasteiger partial charge in [0.25, 0.3) is 0 Å². The Morgan fingerprint density at radius 3 is 2.88 bits per heavy atom. The van der Waals surface area contributed by atoms with Crippen molar-refractivity contribution in [3.63, 3.8) is 0 Å². The van der Waals surface area contributed by atoms with Gasteiger partial charge < -0.3 is 5.11 Å². The summed E-state index contributed by atoms with van der Waals surface area (Å²) < 4.78 is 0. The highest BCUT2D eigenvalue weighted by Gasteiger charge is 2.67. The first-order valence-corrected chi connectivity index (χ1v) is 12.1. The second-order valence-electron chi connectivity index (χ2n) is 8.82. The lowest BCUT2D eigenvalue weighted by Crippen LogP contribution is -2.49. The molecule has 4 rings (SSSR count). The summed E-state index contributed by atoms with van der Waals surface area (Å²) >= 11 is 0. The van der Waals surface area contributed by atoms with Gasteiger partial charge in [0.05, 0.1) is 0 Å². The van der Waals surface area contributed by atoms with Crippen molar-refractivity contribution in [2.45, 2.75) is 58.8 Å². The second-order valence-corrected chi connectivity index (χ2v) is 11.4. The Bertz CT molecular complexity index is 568. The van der Waals surface area contributed by atoms with E-state index in [1.807, 2.05) is 21.6 Å². The summed E-state index contributed by atoms with van der Waals surface area (Å²) in [6.07, 6.45) is 7.62. The third-order valence-corrected chi connectivity index (χ3v) is 10.4. The maximum Gasteiger partial charge on any atom is 0.159 e. The van der Waals surface area contributed by atoms with Crippen molar-refractivity contribution in [1.82, 2.24) is 0 Å². The molecular weight excluding hydrogens is 336 g/mol. The molecule has 3 bridgehead atoms. The lowest BCUT2D eigenvalue weighted by molar-refractivity contribution is -0.121. The van der Waals surface area contributed by atoms with Crippen LogP contribution in [0.25, 0.3) is 0 Å². The number of Topliss-reactive ketones (excluding diaryl/α,β-unsaturated/α-hetero) is 1. The molecule has 1 spiro atoms. The molecule has 0 aromatic heterocycles. The Kier molecular flexibility index (Phi) is 4.62. The maximum atomic E-state index is 13.0. The predicted octanol–water partition coefficient (Wildman–Crippen LogP) is 4.87. The lowest BCUT2D eigenvalue weighted by atomic mass is 9.50. The van der Waals surface area contributed by atoms with Gasteiger partial charge in [0.2, 0.25) is 0 Å². The summed E-state index contributed by atoms with van der Waals surface area (Å²) in [5.41, 5.74) is 3.22. The zero-order valence-corrected chi connectivity index (χ0v) is 16.6. The minimum Gasteiger partial charge on any atom is -0.396 e. The molecule has 4 aliphatic rings. The smallest absolute Gasteiger partial charge is 0.159 e. The molecule has 2 fully saturated rings. The van der Waals surface area contributed by atoms with Crippen LogP contribution in [-0.2, 0) is 4.79 Å². The molecule has 0 radical (unpaired) electrons. The Labute approximate surface area is 154 Å². The van der Waals surface area contributed by atoms with Crippen molar-refractivity contribution in [3.8, 4) is 0 Å². The van der Waals surface area contributed by atoms with E-state index in [0.717, 1.165) is 37.4 Å². The summed E-state index contributed by atoms with van der Waals surface area (Å²) in [7, 11) is 3.97. The van der Waals surface area contributed by atoms with Gasteiger partial charge in [-0.1, -0.05) is 41.0 Å². The number of hydrogen-bond acceptors (Lipinski definition) is 4. The van der Waals surface area contributed by atoms with Crippen molar-refractivity contribution in [1.29, 1.82) is 0 Å². The zero-order valence-electron chi connectivity index (χ0n) is 15.0. The number of rotatable bonds is 3. The lowest BCUT2D eigenvalue weighted by Gasteiger charge is -2.54. The molecule has 0 aromatic rings. The monoisotopic (exact) mass is 366 g/mol. The number of ketones is 1. The van der Waals surface area contributed by atoms with E-state index in [4.69, 9.17) is 0 Å². The van der Waals surface area contributed by atoms with Crippen LogP contribution in [0.15, 0.2) is 11.1 Å². The van der Waals surface area contributed by atoms with Crippen LogP contribution in [0, 0.1) is 28.6 Å². The van der Waals surface area contributed by atoms with Crippen LogP contribution in [0.5, 0.6) is 0 Å². The molecule has 24 heavy (non-hydrogen) atoms. The second kappa shape index (κ2) is 6.35. The van der Waals surface area contributed by atoms with E-state index in [2.05, 4.69) is 13.8 Å². The Morgan fingerprint density at radius 2 is 2.08 bits per heavy atom. The molecule has 4 atom stereocenters. The first-order valence-electron chi connectivity index (χ1n) is 9.63. The summed E-state index contributed by atoms with van der Waals surface area (Å²) in [6, 6.07) is 0. The van der Waals surface area contributed by atoms with Crippen LogP contribution in [0.3, 0.4) is 0 Å². The standard InChI is InChI=1S/C20H30O2S2/c1-19(2)14-5-6-16-13(4-3-8-21)12-24-23-9-7-15-17(10-14)20(16,19)11-18(15)22/h13-14,16,21H,3-12H2,1-2H3/t13-,14+,16-,20-/m0/s1. The third kappa shape index (κ3) is 2.31. The number of carbonyl (C=O) groups excluding carboxylic acids is 1. The zero-order chi connectivity index (χ0) is 16.9. The van der Waals surface area contributed by atoms with Gasteiger partial charge in [0, 0.05) is 29.9 Å². The van der Waals surface area contributed by atoms with E-state index in [1.54, 1.807) is 5.57 Å². The molecule has 134 valence electrons.